The second-order valence-corrected chi connectivity index (χ2v) is 7.93. The predicted molar refractivity (Wildman–Crippen MR) is 107 cm³/mol. The second kappa shape index (κ2) is 8.58. The van der Waals surface area contributed by atoms with Gasteiger partial charge >= 0.3 is 5.97 Å². The van der Waals surface area contributed by atoms with Crippen LogP contribution in [0.5, 0.6) is 0 Å². The number of amides is 2. The van der Waals surface area contributed by atoms with E-state index in [0.29, 0.717) is 23.5 Å². The standard InChI is InChI=1S/C19H17BrN2O4S/c1-22(9-12-2-5-14(20)6-3-12)18(24)10-26-19(25)13-4-7-16-15(8-13)21-17(23)11-27-16/h2-8H,9-11H2,1H3,(H,21,23). The molecule has 0 bridgehead atoms. The second-order valence-electron chi connectivity index (χ2n) is 6.00. The van der Waals surface area contributed by atoms with Gasteiger partial charge < -0.3 is 15.0 Å². The number of benzene rings is 2. The number of likely N-dealkylation sites (N-methyl/N-ethyl adjacent to an activating group) is 1. The Bertz CT molecular complexity index is 886. The van der Waals surface area contributed by atoms with E-state index >= 15 is 0 Å². The lowest BCUT2D eigenvalue weighted by Gasteiger charge is -2.18. The maximum absolute atomic E-state index is 12.2. The molecule has 0 saturated carbocycles. The zero-order chi connectivity index (χ0) is 19.4. The number of hydrogen-bond donors (Lipinski definition) is 1. The maximum atomic E-state index is 12.2. The number of halogens is 1. The topological polar surface area (TPSA) is 75.7 Å². The van der Waals surface area contributed by atoms with Gasteiger partial charge in [-0.25, -0.2) is 4.79 Å². The minimum Gasteiger partial charge on any atom is -0.452 e. The smallest absolute Gasteiger partial charge is 0.338 e. The minimum absolute atomic E-state index is 0.109. The van der Waals surface area contributed by atoms with Crippen LogP contribution in [0.1, 0.15) is 15.9 Å². The molecule has 1 N–H and O–H groups in total. The highest BCUT2D eigenvalue weighted by Crippen LogP contribution is 2.32. The Morgan fingerprint density at radius 2 is 1.96 bits per heavy atom. The van der Waals surface area contributed by atoms with E-state index in [1.807, 2.05) is 24.3 Å². The van der Waals surface area contributed by atoms with Crippen LogP contribution in [0, 0.1) is 0 Å². The van der Waals surface area contributed by atoms with E-state index in [1.54, 1.807) is 25.2 Å². The van der Waals surface area contributed by atoms with Crippen molar-refractivity contribution in [1.29, 1.82) is 0 Å². The van der Waals surface area contributed by atoms with E-state index in [0.717, 1.165) is 14.9 Å². The van der Waals surface area contributed by atoms with Gasteiger partial charge in [0.1, 0.15) is 0 Å². The molecular formula is C19H17BrN2O4S. The zero-order valence-corrected chi connectivity index (χ0v) is 16.9. The number of esters is 1. The Morgan fingerprint density at radius 3 is 2.70 bits per heavy atom. The van der Waals surface area contributed by atoms with Gasteiger partial charge in [0, 0.05) is 23.0 Å². The van der Waals surface area contributed by atoms with Gasteiger partial charge in [0.05, 0.1) is 17.0 Å². The van der Waals surface area contributed by atoms with Gasteiger partial charge in [-0.3, -0.25) is 9.59 Å². The first-order chi connectivity index (χ1) is 12.9. The number of fused-ring (bicyclic) bond motifs is 1. The van der Waals surface area contributed by atoms with Crippen LogP contribution in [0.15, 0.2) is 51.8 Å². The van der Waals surface area contributed by atoms with Crippen LogP contribution in [-0.2, 0) is 20.9 Å². The van der Waals surface area contributed by atoms with Gasteiger partial charge in [0.2, 0.25) is 5.91 Å². The highest BCUT2D eigenvalue weighted by atomic mass is 79.9. The normalized spacial score (nSPS) is 12.7. The molecule has 3 rings (SSSR count). The monoisotopic (exact) mass is 448 g/mol. The molecule has 1 aliphatic rings. The average Bonchev–Trinajstić information content (AvgIpc) is 2.66. The molecule has 27 heavy (non-hydrogen) atoms. The van der Waals surface area contributed by atoms with Crippen LogP contribution in [0.2, 0.25) is 0 Å². The molecular weight excluding hydrogens is 432 g/mol. The number of hydrogen-bond acceptors (Lipinski definition) is 5. The maximum Gasteiger partial charge on any atom is 0.338 e. The van der Waals surface area contributed by atoms with E-state index in [1.165, 1.54) is 16.7 Å². The summed E-state index contributed by atoms with van der Waals surface area (Å²) >= 11 is 4.78. The fourth-order valence-corrected chi connectivity index (χ4v) is 3.54. The summed E-state index contributed by atoms with van der Waals surface area (Å²) in [5.74, 6) is -0.653. The fraction of sp³-hybridized carbons (Fsp3) is 0.211. The molecule has 0 saturated heterocycles. The third kappa shape index (κ3) is 5.11. The number of ether oxygens (including phenoxy) is 1. The van der Waals surface area contributed by atoms with Crippen molar-refractivity contribution in [3.8, 4) is 0 Å². The van der Waals surface area contributed by atoms with Crippen LogP contribution < -0.4 is 5.32 Å². The summed E-state index contributed by atoms with van der Waals surface area (Å²) in [6, 6.07) is 12.6. The zero-order valence-electron chi connectivity index (χ0n) is 14.5. The number of nitrogens with zero attached hydrogens (tertiary/aromatic N) is 1. The Labute approximate surface area is 169 Å². The Balaban J connectivity index is 1.55. The Kier molecular flexibility index (Phi) is 6.18. The molecule has 8 heteroatoms. The molecule has 2 aromatic carbocycles. The molecule has 2 amide bonds. The lowest BCUT2D eigenvalue weighted by atomic mass is 10.2. The van der Waals surface area contributed by atoms with Crippen molar-refractivity contribution in [3.63, 3.8) is 0 Å². The molecule has 1 heterocycles. The van der Waals surface area contributed by atoms with Crippen LogP contribution in [0.25, 0.3) is 0 Å². The SMILES string of the molecule is CN(Cc1ccc(Br)cc1)C(=O)COC(=O)c1ccc2c(c1)NC(=O)CS2. The molecule has 0 unspecified atom stereocenters. The number of carbonyl (C=O) groups is 3. The average molecular weight is 449 g/mol. The molecule has 6 nitrogen and oxygen atoms in total. The number of anilines is 1. The van der Waals surface area contributed by atoms with E-state index in [2.05, 4.69) is 21.2 Å². The fourth-order valence-electron chi connectivity index (χ4n) is 2.48. The van der Waals surface area contributed by atoms with E-state index in [-0.39, 0.29) is 18.4 Å². The molecule has 0 atom stereocenters. The molecule has 0 radical (unpaired) electrons. The van der Waals surface area contributed by atoms with Crippen molar-refractivity contribution in [1.82, 2.24) is 4.90 Å². The molecule has 0 fully saturated rings. The summed E-state index contributed by atoms with van der Waals surface area (Å²) in [6.45, 7) is 0.0792. The van der Waals surface area contributed by atoms with Gasteiger partial charge in [0.15, 0.2) is 6.61 Å². The van der Waals surface area contributed by atoms with Gasteiger partial charge in [-0.1, -0.05) is 28.1 Å². The summed E-state index contributed by atoms with van der Waals surface area (Å²) in [4.78, 5) is 38.3. The van der Waals surface area contributed by atoms with Crippen LogP contribution >= 0.6 is 27.7 Å². The molecule has 0 aliphatic carbocycles. The summed E-state index contributed by atoms with van der Waals surface area (Å²) in [6.07, 6.45) is 0. The van der Waals surface area contributed by atoms with Crippen molar-refractivity contribution >= 4 is 51.2 Å². The summed E-state index contributed by atoms with van der Waals surface area (Å²) in [7, 11) is 1.66. The lowest BCUT2D eigenvalue weighted by molar-refractivity contribution is -0.133. The number of carbonyl (C=O) groups excluding carboxylic acids is 3. The van der Waals surface area contributed by atoms with Crippen molar-refractivity contribution < 1.29 is 19.1 Å². The molecule has 1 aliphatic heterocycles. The van der Waals surface area contributed by atoms with Crippen molar-refractivity contribution in [2.45, 2.75) is 11.4 Å². The molecule has 2 aromatic rings. The first-order valence-electron chi connectivity index (χ1n) is 8.14. The van der Waals surface area contributed by atoms with Crippen LogP contribution in [0.4, 0.5) is 5.69 Å². The van der Waals surface area contributed by atoms with Crippen molar-refractivity contribution in [2.24, 2.45) is 0 Å². The van der Waals surface area contributed by atoms with Gasteiger partial charge in [-0.15, -0.1) is 11.8 Å². The van der Waals surface area contributed by atoms with Gasteiger partial charge in [-0.2, -0.15) is 0 Å². The van der Waals surface area contributed by atoms with E-state index in [9.17, 15) is 14.4 Å². The number of thioether (sulfide) groups is 1. The Hall–Kier alpha value is -2.32. The van der Waals surface area contributed by atoms with Crippen LogP contribution in [0.3, 0.4) is 0 Å². The van der Waals surface area contributed by atoms with Crippen LogP contribution in [-0.4, -0.2) is 42.1 Å². The first-order valence-corrected chi connectivity index (χ1v) is 9.92. The molecule has 0 aromatic heterocycles. The molecule has 0 spiro atoms. The first kappa shape index (κ1) is 19.4. The van der Waals surface area contributed by atoms with Crippen molar-refractivity contribution in [2.75, 3.05) is 24.7 Å². The van der Waals surface area contributed by atoms with E-state index in [4.69, 9.17) is 4.74 Å². The lowest BCUT2D eigenvalue weighted by Crippen LogP contribution is -2.30. The number of nitrogens with one attached hydrogen (secondary N) is 1. The Morgan fingerprint density at radius 1 is 1.22 bits per heavy atom. The quantitative estimate of drug-likeness (QED) is 0.709. The minimum atomic E-state index is -0.604. The van der Waals surface area contributed by atoms with Crippen molar-refractivity contribution in [3.05, 3.63) is 58.1 Å². The third-order valence-corrected chi connectivity index (χ3v) is 5.54. The number of rotatable bonds is 5. The van der Waals surface area contributed by atoms with Gasteiger partial charge in [-0.05, 0) is 35.9 Å². The van der Waals surface area contributed by atoms with Gasteiger partial charge in [0.25, 0.3) is 5.91 Å². The summed E-state index contributed by atoms with van der Waals surface area (Å²) < 4.78 is 6.10. The third-order valence-electron chi connectivity index (χ3n) is 3.93. The molecule has 140 valence electrons. The summed E-state index contributed by atoms with van der Waals surface area (Å²) in [5.41, 5.74) is 1.85. The van der Waals surface area contributed by atoms with E-state index < -0.39 is 5.97 Å². The largest absolute Gasteiger partial charge is 0.452 e. The highest BCUT2D eigenvalue weighted by Gasteiger charge is 2.19. The summed E-state index contributed by atoms with van der Waals surface area (Å²) in [5, 5.41) is 2.72. The highest BCUT2D eigenvalue weighted by molar-refractivity contribution is 9.10. The predicted octanol–water partition coefficient (Wildman–Crippen LogP) is 3.31.